The first-order valence-electron chi connectivity index (χ1n) is 8.29. The second-order valence-electron chi connectivity index (χ2n) is 5.78. The number of rotatable bonds is 6. The van der Waals surface area contributed by atoms with E-state index in [-0.39, 0.29) is 0 Å². The van der Waals surface area contributed by atoms with E-state index in [0.29, 0.717) is 17.9 Å². The quantitative estimate of drug-likeness (QED) is 0.509. The maximum absolute atomic E-state index is 5.44. The van der Waals surface area contributed by atoms with E-state index < -0.39 is 0 Å². The van der Waals surface area contributed by atoms with Crippen LogP contribution in [0.5, 0.6) is 17.2 Å². The number of methoxy groups -OCH3 is 3. The normalized spacial score (nSPS) is 10.9. The van der Waals surface area contributed by atoms with E-state index >= 15 is 0 Å². The molecule has 2 heterocycles. The van der Waals surface area contributed by atoms with Gasteiger partial charge < -0.3 is 14.2 Å². The van der Waals surface area contributed by atoms with Crippen molar-refractivity contribution in [2.45, 2.75) is 6.42 Å². The lowest BCUT2D eigenvalue weighted by Crippen LogP contribution is -1.99. The topological polar surface area (TPSA) is 70.8 Å². The molecule has 138 valence electrons. The minimum atomic E-state index is 0.580. The van der Waals surface area contributed by atoms with Gasteiger partial charge in [0, 0.05) is 6.42 Å². The average Bonchev–Trinajstić information content (AvgIpc) is 3.29. The number of aromatic nitrogens is 4. The Labute approximate surface area is 160 Å². The van der Waals surface area contributed by atoms with Gasteiger partial charge in [-0.2, -0.15) is 9.61 Å². The molecule has 27 heavy (non-hydrogen) atoms. The van der Waals surface area contributed by atoms with Gasteiger partial charge in [0.25, 0.3) is 0 Å². The Kier molecular flexibility index (Phi) is 4.64. The van der Waals surface area contributed by atoms with Crippen molar-refractivity contribution in [3.05, 3.63) is 53.9 Å². The Bertz CT molecular complexity index is 1090. The highest BCUT2D eigenvalue weighted by Crippen LogP contribution is 2.33. The van der Waals surface area contributed by atoms with Crippen LogP contribution in [0.25, 0.3) is 15.5 Å². The van der Waals surface area contributed by atoms with Gasteiger partial charge in [0.15, 0.2) is 22.3 Å². The maximum Gasteiger partial charge on any atom is 0.234 e. The lowest BCUT2D eigenvalue weighted by molar-refractivity contribution is 0.354. The van der Waals surface area contributed by atoms with Crippen LogP contribution in [0.4, 0.5) is 0 Å². The molecule has 0 saturated carbocycles. The Hall–Kier alpha value is -3.13. The van der Waals surface area contributed by atoms with Crippen LogP contribution in [0.15, 0.2) is 42.5 Å². The minimum Gasteiger partial charge on any atom is -0.496 e. The number of fused-ring (bicyclic) bond motifs is 1. The molecule has 0 saturated heterocycles. The van der Waals surface area contributed by atoms with E-state index in [1.807, 2.05) is 42.5 Å². The van der Waals surface area contributed by atoms with Crippen LogP contribution in [-0.4, -0.2) is 41.1 Å². The molecular weight excluding hydrogens is 364 g/mol. The van der Waals surface area contributed by atoms with Crippen LogP contribution in [0, 0.1) is 0 Å². The largest absolute Gasteiger partial charge is 0.496 e. The molecule has 4 aromatic rings. The Morgan fingerprint density at radius 1 is 0.889 bits per heavy atom. The molecule has 4 rings (SSSR count). The number of hydrogen-bond donors (Lipinski definition) is 0. The molecule has 0 radical (unpaired) electrons. The van der Waals surface area contributed by atoms with Gasteiger partial charge in [-0.15, -0.1) is 10.2 Å². The SMILES string of the molecule is COc1ccc(Cc2nnc3sc(-c4ccccc4OC)nn23)cc1OC. The van der Waals surface area contributed by atoms with Gasteiger partial charge in [0.05, 0.1) is 26.9 Å². The molecule has 0 fully saturated rings. The summed E-state index contributed by atoms with van der Waals surface area (Å²) in [5.41, 5.74) is 1.97. The average molecular weight is 382 g/mol. The predicted molar refractivity (Wildman–Crippen MR) is 103 cm³/mol. The van der Waals surface area contributed by atoms with Gasteiger partial charge in [0.2, 0.25) is 4.96 Å². The van der Waals surface area contributed by atoms with Crippen molar-refractivity contribution in [2.24, 2.45) is 0 Å². The van der Waals surface area contributed by atoms with Crippen molar-refractivity contribution >= 4 is 16.3 Å². The number of nitrogens with zero attached hydrogens (tertiary/aromatic N) is 4. The Morgan fingerprint density at radius 3 is 2.44 bits per heavy atom. The highest BCUT2D eigenvalue weighted by Gasteiger charge is 2.16. The van der Waals surface area contributed by atoms with Gasteiger partial charge in [-0.05, 0) is 29.8 Å². The fraction of sp³-hybridized carbons (Fsp3) is 0.211. The van der Waals surface area contributed by atoms with E-state index in [1.54, 1.807) is 25.8 Å². The van der Waals surface area contributed by atoms with Crippen LogP contribution in [0.1, 0.15) is 11.4 Å². The van der Waals surface area contributed by atoms with Crippen LogP contribution < -0.4 is 14.2 Å². The lowest BCUT2D eigenvalue weighted by Gasteiger charge is -2.08. The summed E-state index contributed by atoms with van der Waals surface area (Å²) in [6.45, 7) is 0. The highest BCUT2D eigenvalue weighted by molar-refractivity contribution is 7.19. The summed E-state index contributed by atoms with van der Waals surface area (Å²) < 4.78 is 17.9. The third-order valence-electron chi connectivity index (χ3n) is 4.20. The van der Waals surface area contributed by atoms with Crippen molar-refractivity contribution in [2.75, 3.05) is 21.3 Å². The number of para-hydroxylation sites is 1. The fourth-order valence-corrected chi connectivity index (χ4v) is 3.76. The molecule has 0 aliphatic carbocycles. The smallest absolute Gasteiger partial charge is 0.234 e. The van der Waals surface area contributed by atoms with Crippen LogP contribution >= 0.6 is 11.3 Å². The summed E-state index contributed by atoms with van der Waals surface area (Å²) >= 11 is 1.48. The zero-order chi connectivity index (χ0) is 18.8. The third-order valence-corrected chi connectivity index (χ3v) is 5.14. The fourth-order valence-electron chi connectivity index (χ4n) is 2.87. The van der Waals surface area contributed by atoms with Gasteiger partial charge >= 0.3 is 0 Å². The summed E-state index contributed by atoms with van der Waals surface area (Å²) in [6, 6.07) is 13.6. The lowest BCUT2D eigenvalue weighted by atomic mass is 10.1. The van der Waals surface area contributed by atoms with E-state index in [9.17, 15) is 0 Å². The standard InChI is InChI=1S/C19H18N4O3S/c1-24-14-7-5-4-6-13(14)18-22-23-17(20-21-19(23)27-18)11-12-8-9-15(25-2)16(10-12)26-3/h4-10H,11H2,1-3H3. The number of ether oxygens (including phenoxy) is 3. The zero-order valence-corrected chi connectivity index (χ0v) is 16.0. The molecule has 2 aromatic heterocycles. The van der Waals surface area contributed by atoms with Gasteiger partial charge in [-0.3, -0.25) is 0 Å². The first-order chi connectivity index (χ1) is 13.2. The van der Waals surface area contributed by atoms with Crippen LogP contribution in [0.3, 0.4) is 0 Å². The molecule has 0 N–H and O–H groups in total. The summed E-state index contributed by atoms with van der Waals surface area (Å²) in [6.07, 6.45) is 0.580. The molecule has 0 spiro atoms. The van der Waals surface area contributed by atoms with E-state index in [2.05, 4.69) is 10.2 Å². The molecule has 0 atom stereocenters. The molecular formula is C19H18N4O3S. The van der Waals surface area contributed by atoms with Crippen molar-refractivity contribution in [1.82, 2.24) is 19.8 Å². The zero-order valence-electron chi connectivity index (χ0n) is 15.2. The van der Waals surface area contributed by atoms with Gasteiger partial charge in [-0.1, -0.05) is 29.5 Å². The second-order valence-corrected chi connectivity index (χ2v) is 6.74. The molecule has 0 bridgehead atoms. The van der Waals surface area contributed by atoms with E-state index in [4.69, 9.17) is 19.3 Å². The summed E-state index contributed by atoms with van der Waals surface area (Å²) in [5.74, 6) is 2.92. The molecule has 7 nitrogen and oxygen atoms in total. The molecule has 0 aliphatic rings. The third kappa shape index (κ3) is 3.19. The van der Waals surface area contributed by atoms with Crippen molar-refractivity contribution < 1.29 is 14.2 Å². The molecule has 8 heteroatoms. The predicted octanol–water partition coefficient (Wildman–Crippen LogP) is 3.47. The first kappa shape index (κ1) is 17.3. The minimum absolute atomic E-state index is 0.580. The van der Waals surface area contributed by atoms with Crippen LogP contribution in [0.2, 0.25) is 0 Å². The van der Waals surface area contributed by atoms with Gasteiger partial charge in [0.1, 0.15) is 5.75 Å². The monoisotopic (exact) mass is 382 g/mol. The van der Waals surface area contributed by atoms with E-state index in [0.717, 1.165) is 32.7 Å². The summed E-state index contributed by atoms with van der Waals surface area (Å²) in [4.78, 5) is 0.742. The summed E-state index contributed by atoms with van der Waals surface area (Å²) in [5, 5.41) is 14.1. The Morgan fingerprint density at radius 2 is 1.67 bits per heavy atom. The van der Waals surface area contributed by atoms with Gasteiger partial charge in [-0.25, -0.2) is 0 Å². The molecule has 2 aromatic carbocycles. The Balaban J connectivity index is 1.69. The van der Waals surface area contributed by atoms with Crippen LogP contribution in [-0.2, 0) is 6.42 Å². The maximum atomic E-state index is 5.44. The summed E-state index contributed by atoms with van der Waals surface area (Å²) in [7, 11) is 4.90. The highest BCUT2D eigenvalue weighted by atomic mass is 32.1. The molecule has 0 aliphatic heterocycles. The first-order valence-corrected chi connectivity index (χ1v) is 9.10. The van der Waals surface area contributed by atoms with Crippen molar-refractivity contribution in [1.29, 1.82) is 0 Å². The molecule has 0 unspecified atom stereocenters. The van der Waals surface area contributed by atoms with Crippen molar-refractivity contribution in [3.63, 3.8) is 0 Å². The number of hydrogen-bond acceptors (Lipinski definition) is 7. The second kappa shape index (κ2) is 7.24. The van der Waals surface area contributed by atoms with Crippen molar-refractivity contribution in [3.8, 4) is 27.8 Å². The molecule has 0 amide bonds. The number of benzene rings is 2. The van der Waals surface area contributed by atoms with E-state index in [1.165, 1.54) is 11.3 Å².